The predicted octanol–water partition coefficient (Wildman–Crippen LogP) is 2.11. The van der Waals surface area contributed by atoms with Crippen LogP contribution in [0.2, 0.25) is 0 Å². The molecule has 1 aromatic rings. The van der Waals surface area contributed by atoms with E-state index in [1.54, 1.807) is 7.11 Å². The largest absolute Gasteiger partial charge is 0.496 e. The molecule has 0 aliphatic heterocycles. The van der Waals surface area contributed by atoms with Gasteiger partial charge in [0.15, 0.2) is 0 Å². The summed E-state index contributed by atoms with van der Waals surface area (Å²) in [5.41, 5.74) is 1.07. The van der Waals surface area contributed by atoms with Gasteiger partial charge in [0.1, 0.15) is 5.75 Å². The molecule has 1 N–H and O–H groups in total. The van der Waals surface area contributed by atoms with E-state index in [1.807, 2.05) is 31.3 Å². The second-order valence-corrected chi connectivity index (χ2v) is 5.52. The van der Waals surface area contributed by atoms with Crippen molar-refractivity contribution >= 4 is 10.8 Å². The number of hydrogen-bond donors (Lipinski definition) is 1. The lowest BCUT2D eigenvalue weighted by atomic mass is 10.1. The van der Waals surface area contributed by atoms with Crippen molar-refractivity contribution < 1.29 is 8.95 Å². The normalized spacial score (nSPS) is 14.3. The highest BCUT2D eigenvalue weighted by molar-refractivity contribution is 7.85. The van der Waals surface area contributed by atoms with Gasteiger partial charge in [-0.3, -0.25) is 4.21 Å². The van der Waals surface area contributed by atoms with Gasteiger partial charge in [-0.25, -0.2) is 0 Å². The molecule has 96 valence electrons. The molecule has 1 rings (SSSR count). The van der Waals surface area contributed by atoms with Crippen molar-refractivity contribution in [3.63, 3.8) is 0 Å². The fraction of sp³-hybridized carbons (Fsp3) is 0.538. The first-order valence-electron chi connectivity index (χ1n) is 5.88. The van der Waals surface area contributed by atoms with Gasteiger partial charge in [-0.2, -0.15) is 0 Å². The molecule has 0 aliphatic rings. The summed E-state index contributed by atoms with van der Waals surface area (Å²) in [5, 5.41) is 3.21. The average molecular weight is 255 g/mol. The zero-order chi connectivity index (χ0) is 12.7. The first-order valence-corrected chi connectivity index (χ1v) is 7.36. The monoisotopic (exact) mass is 255 g/mol. The SMILES string of the molecule is CCCS(=O)CC(NC)c1ccccc1OC. The molecule has 0 radical (unpaired) electrons. The first-order chi connectivity index (χ1) is 8.22. The lowest BCUT2D eigenvalue weighted by Gasteiger charge is -2.18. The smallest absolute Gasteiger partial charge is 0.123 e. The van der Waals surface area contributed by atoms with E-state index >= 15 is 0 Å². The highest BCUT2D eigenvalue weighted by Gasteiger charge is 2.16. The van der Waals surface area contributed by atoms with Gasteiger partial charge < -0.3 is 10.1 Å². The molecule has 0 saturated heterocycles. The minimum Gasteiger partial charge on any atom is -0.496 e. The Balaban J connectivity index is 2.82. The van der Waals surface area contributed by atoms with E-state index in [2.05, 4.69) is 12.2 Å². The summed E-state index contributed by atoms with van der Waals surface area (Å²) in [4.78, 5) is 0. The second kappa shape index (κ2) is 7.45. The van der Waals surface area contributed by atoms with Crippen molar-refractivity contribution in [2.75, 3.05) is 25.7 Å². The third-order valence-electron chi connectivity index (χ3n) is 2.65. The Morgan fingerprint density at radius 2 is 2.12 bits per heavy atom. The van der Waals surface area contributed by atoms with Crippen LogP contribution < -0.4 is 10.1 Å². The zero-order valence-electron chi connectivity index (χ0n) is 10.7. The van der Waals surface area contributed by atoms with Gasteiger partial charge in [0.05, 0.1) is 7.11 Å². The molecule has 0 aromatic heterocycles. The van der Waals surface area contributed by atoms with Crippen LogP contribution in [0.5, 0.6) is 5.75 Å². The van der Waals surface area contributed by atoms with Crippen LogP contribution in [0.15, 0.2) is 24.3 Å². The van der Waals surface area contributed by atoms with E-state index in [9.17, 15) is 4.21 Å². The van der Waals surface area contributed by atoms with Crippen LogP contribution in [0.1, 0.15) is 24.9 Å². The van der Waals surface area contributed by atoms with Crippen LogP contribution in [-0.2, 0) is 10.8 Å². The van der Waals surface area contributed by atoms with Crippen LogP contribution in [0, 0.1) is 0 Å². The van der Waals surface area contributed by atoms with Gasteiger partial charge in [-0.05, 0) is 19.5 Å². The van der Waals surface area contributed by atoms with Gasteiger partial charge >= 0.3 is 0 Å². The summed E-state index contributed by atoms with van der Waals surface area (Å²) in [6, 6.07) is 7.95. The predicted molar refractivity (Wildman–Crippen MR) is 73.0 cm³/mol. The van der Waals surface area contributed by atoms with Crippen molar-refractivity contribution in [2.24, 2.45) is 0 Å². The maximum Gasteiger partial charge on any atom is 0.123 e. The van der Waals surface area contributed by atoms with Crippen LogP contribution in [0.3, 0.4) is 0 Å². The molecule has 4 heteroatoms. The molecule has 17 heavy (non-hydrogen) atoms. The third-order valence-corrected chi connectivity index (χ3v) is 4.22. The minimum atomic E-state index is -0.779. The lowest BCUT2D eigenvalue weighted by molar-refractivity contribution is 0.404. The summed E-state index contributed by atoms with van der Waals surface area (Å²) in [6.07, 6.45) is 0.953. The summed E-state index contributed by atoms with van der Waals surface area (Å²) in [5.74, 6) is 2.23. The number of nitrogens with one attached hydrogen (secondary N) is 1. The Hall–Kier alpha value is -0.870. The van der Waals surface area contributed by atoms with E-state index in [0.717, 1.165) is 23.5 Å². The van der Waals surface area contributed by atoms with E-state index < -0.39 is 10.8 Å². The molecular weight excluding hydrogens is 234 g/mol. The minimum absolute atomic E-state index is 0.0820. The Morgan fingerprint density at radius 3 is 2.71 bits per heavy atom. The van der Waals surface area contributed by atoms with E-state index in [4.69, 9.17) is 4.74 Å². The maximum atomic E-state index is 11.8. The van der Waals surface area contributed by atoms with E-state index in [-0.39, 0.29) is 6.04 Å². The van der Waals surface area contributed by atoms with Gasteiger partial charge in [-0.15, -0.1) is 0 Å². The quantitative estimate of drug-likeness (QED) is 0.811. The Labute approximate surface area is 106 Å². The Morgan fingerprint density at radius 1 is 1.41 bits per heavy atom. The van der Waals surface area contributed by atoms with Crippen LogP contribution in [-0.4, -0.2) is 29.9 Å². The standard InChI is InChI=1S/C13H21NO2S/c1-4-9-17(15)10-12(14-2)11-7-5-6-8-13(11)16-3/h5-8,12,14H,4,9-10H2,1-3H3. The van der Waals surface area contributed by atoms with Gasteiger partial charge in [0.25, 0.3) is 0 Å². The zero-order valence-corrected chi connectivity index (χ0v) is 11.5. The lowest BCUT2D eigenvalue weighted by Crippen LogP contribution is -2.24. The molecule has 3 nitrogen and oxygen atoms in total. The van der Waals surface area contributed by atoms with E-state index in [0.29, 0.717) is 5.75 Å². The molecule has 1 aromatic carbocycles. The number of rotatable bonds is 7. The fourth-order valence-corrected chi connectivity index (χ4v) is 3.12. The fourth-order valence-electron chi connectivity index (χ4n) is 1.78. The molecule has 0 heterocycles. The molecular formula is C13H21NO2S. The summed E-state index contributed by atoms with van der Waals surface area (Å²) >= 11 is 0. The molecule has 0 aliphatic carbocycles. The van der Waals surface area contributed by atoms with Crippen molar-refractivity contribution in [3.05, 3.63) is 29.8 Å². The van der Waals surface area contributed by atoms with Crippen molar-refractivity contribution in [1.82, 2.24) is 5.32 Å². The molecule has 0 fully saturated rings. The molecule has 0 bridgehead atoms. The van der Waals surface area contributed by atoms with Gasteiger partial charge in [0.2, 0.25) is 0 Å². The number of benzene rings is 1. The number of methoxy groups -OCH3 is 1. The number of para-hydroxylation sites is 1. The Bertz CT molecular complexity index is 368. The van der Waals surface area contributed by atoms with Crippen molar-refractivity contribution in [1.29, 1.82) is 0 Å². The number of hydrogen-bond acceptors (Lipinski definition) is 3. The Kier molecular flexibility index (Phi) is 6.22. The topological polar surface area (TPSA) is 38.3 Å². The van der Waals surface area contributed by atoms with Crippen LogP contribution in [0.25, 0.3) is 0 Å². The van der Waals surface area contributed by atoms with Gasteiger partial charge in [-0.1, -0.05) is 25.1 Å². The third kappa shape index (κ3) is 4.13. The maximum absolute atomic E-state index is 11.8. The molecule has 2 atom stereocenters. The number of ether oxygens (including phenoxy) is 1. The van der Waals surface area contributed by atoms with Crippen LogP contribution >= 0.6 is 0 Å². The molecule has 0 amide bonds. The summed E-state index contributed by atoms with van der Waals surface area (Å²) < 4.78 is 17.1. The molecule has 0 saturated carbocycles. The summed E-state index contributed by atoms with van der Waals surface area (Å²) in [7, 11) is 2.77. The van der Waals surface area contributed by atoms with Gasteiger partial charge in [0, 0.05) is 33.9 Å². The average Bonchev–Trinajstić information content (AvgIpc) is 2.36. The van der Waals surface area contributed by atoms with E-state index in [1.165, 1.54) is 0 Å². The molecule has 0 spiro atoms. The summed E-state index contributed by atoms with van der Waals surface area (Å²) in [6.45, 7) is 2.05. The second-order valence-electron chi connectivity index (χ2n) is 3.89. The van der Waals surface area contributed by atoms with Crippen LogP contribution in [0.4, 0.5) is 0 Å². The first kappa shape index (κ1) is 14.2. The molecule has 2 unspecified atom stereocenters. The van der Waals surface area contributed by atoms with Crippen molar-refractivity contribution in [3.8, 4) is 5.75 Å². The highest BCUT2D eigenvalue weighted by Crippen LogP contribution is 2.25. The van der Waals surface area contributed by atoms with Crippen molar-refractivity contribution in [2.45, 2.75) is 19.4 Å². The highest BCUT2D eigenvalue weighted by atomic mass is 32.2.